The van der Waals surface area contributed by atoms with E-state index in [1.54, 1.807) is 48.5 Å². The maximum atomic E-state index is 13.3. The minimum Gasteiger partial charge on any atom is -0.494 e. The van der Waals surface area contributed by atoms with Gasteiger partial charge in [-0.15, -0.1) is 0 Å². The van der Waals surface area contributed by atoms with Crippen LogP contribution in [0.4, 0.5) is 0 Å². The molecule has 10 nitrogen and oxygen atoms in total. The lowest BCUT2D eigenvalue weighted by molar-refractivity contribution is -0.138. The summed E-state index contributed by atoms with van der Waals surface area (Å²) in [5, 5.41) is 0. The summed E-state index contributed by atoms with van der Waals surface area (Å²) in [6, 6.07) is 43.6. The van der Waals surface area contributed by atoms with Gasteiger partial charge in [-0.2, -0.15) is 0 Å². The second-order valence-corrected chi connectivity index (χ2v) is 20.4. The first-order valence-electron chi connectivity index (χ1n) is 28.6. The quantitative estimate of drug-likeness (QED) is 0.0167. The van der Waals surface area contributed by atoms with Crippen LogP contribution in [-0.2, 0) is 24.5 Å². The first-order valence-corrected chi connectivity index (χ1v) is 28.6. The molecule has 10 heteroatoms. The zero-order valence-corrected chi connectivity index (χ0v) is 46.4. The Bertz CT molecular complexity index is 2720. The molecule has 0 N–H and O–H groups in total. The van der Waals surface area contributed by atoms with Gasteiger partial charge in [-0.1, -0.05) is 127 Å². The van der Waals surface area contributed by atoms with Crippen molar-refractivity contribution in [2.24, 2.45) is 0 Å². The zero-order chi connectivity index (χ0) is 55.7. The highest BCUT2D eigenvalue weighted by Gasteiger charge is 2.42. The van der Waals surface area contributed by atoms with E-state index in [2.05, 4.69) is 63.4 Å². The van der Waals surface area contributed by atoms with E-state index in [0.29, 0.717) is 60.6 Å². The standard InChI is InChI=1S/C69H78O10/c1-5-9-11-17-43-69(44-18-12-10-6-2)63-49-55(51-23-37-59(38-24-51)78-67(72)53-27-33-57(34-28-53)74-45-19-13-15-21-47-76-65(70)7-3)31-41-61(63)62-42-32-56(50-64(62)69)52-25-39-60(40-26-52)79-68(73)54-29-35-58(36-30-54)75-46-20-14-16-22-48-77-66(71)8-4/h7-8,23-42,49-50H,3-6,9-22,43-48H2,1-2H3. The van der Waals surface area contributed by atoms with Gasteiger partial charge < -0.3 is 28.4 Å². The fourth-order valence-corrected chi connectivity index (χ4v) is 10.3. The van der Waals surface area contributed by atoms with Gasteiger partial charge in [0.05, 0.1) is 37.6 Å². The van der Waals surface area contributed by atoms with Crippen LogP contribution in [0.1, 0.15) is 161 Å². The van der Waals surface area contributed by atoms with E-state index in [1.165, 1.54) is 72.9 Å². The number of rotatable bonds is 34. The number of ether oxygens (including phenoxy) is 6. The third-order valence-electron chi connectivity index (χ3n) is 14.7. The number of fused-ring (bicyclic) bond motifs is 3. The van der Waals surface area contributed by atoms with Crippen molar-refractivity contribution in [3.63, 3.8) is 0 Å². The lowest BCUT2D eigenvalue weighted by Gasteiger charge is -2.33. The Morgan fingerprint density at radius 3 is 1.10 bits per heavy atom. The van der Waals surface area contributed by atoms with Crippen molar-refractivity contribution in [1.82, 2.24) is 0 Å². The van der Waals surface area contributed by atoms with Crippen LogP contribution in [0.2, 0.25) is 0 Å². The van der Waals surface area contributed by atoms with E-state index < -0.39 is 23.9 Å². The lowest BCUT2D eigenvalue weighted by atomic mass is 9.70. The molecule has 0 fully saturated rings. The molecule has 0 radical (unpaired) electrons. The van der Waals surface area contributed by atoms with E-state index in [1.807, 2.05) is 48.5 Å². The highest BCUT2D eigenvalue weighted by atomic mass is 16.5. The molecule has 0 spiro atoms. The highest BCUT2D eigenvalue weighted by molar-refractivity contribution is 5.92. The molecule has 0 aliphatic heterocycles. The van der Waals surface area contributed by atoms with Crippen LogP contribution in [-0.4, -0.2) is 50.3 Å². The van der Waals surface area contributed by atoms with Crippen LogP contribution in [0, 0.1) is 0 Å². The van der Waals surface area contributed by atoms with Crippen molar-refractivity contribution in [3.8, 4) is 56.4 Å². The fourth-order valence-electron chi connectivity index (χ4n) is 10.3. The van der Waals surface area contributed by atoms with Crippen LogP contribution in [0.3, 0.4) is 0 Å². The summed E-state index contributed by atoms with van der Waals surface area (Å²) in [6.45, 7) is 13.2. The van der Waals surface area contributed by atoms with Crippen molar-refractivity contribution in [3.05, 3.63) is 181 Å². The molecule has 0 saturated carbocycles. The van der Waals surface area contributed by atoms with E-state index in [-0.39, 0.29) is 5.41 Å². The SMILES string of the molecule is C=CC(=O)OCCCCCCOc1ccc(C(=O)Oc2ccc(-c3ccc4c(c3)C(CCCCCC)(CCCCCC)c3cc(-c5ccc(OC(=O)c6ccc(OCCCCCCOC(=O)C=C)cc6)cc5)ccc3-4)cc2)cc1. The van der Waals surface area contributed by atoms with Crippen LogP contribution >= 0.6 is 0 Å². The van der Waals surface area contributed by atoms with Gasteiger partial charge in [0.15, 0.2) is 0 Å². The van der Waals surface area contributed by atoms with Gasteiger partial charge in [-0.3, -0.25) is 0 Å². The van der Waals surface area contributed by atoms with E-state index in [0.717, 1.165) is 99.3 Å². The molecule has 1 aliphatic rings. The predicted octanol–water partition coefficient (Wildman–Crippen LogP) is 17.0. The average molecular weight is 1070 g/mol. The molecular formula is C69H78O10. The molecule has 414 valence electrons. The second kappa shape index (κ2) is 31.0. The van der Waals surface area contributed by atoms with Crippen molar-refractivity contribution in [1.29, 1.82) is 0 Å². The molecule has 0 atom stereocenters. The van der Waals surface area contributed by atoms with Gasteiger partial charge in [0.2, 0.25) is 0 Å². The second-order valence-electron chi connectivity index (χ2n) is 20.4. The lowest BCUT2D eigenvalue weighted by Crippen LogP contribution is -2.25. The first-order chi connectivity index (χ1) is 38.6. The molecule has 0 unspecified atom stereocenters. The van der Waals surface area contributed by atoms with Gasteiger partial charge >= 0.3 is 23.9 Å². The average Bonchev–Trinajstić information content (AvgIpc) is 4.03. The Morgan fingerprint density at radius 1 is 0.392 bits per heavy atom. The number of esters is 4. The van der Waals surface area contributed by atoms with Crippen molar-refractivity contribution >= 4 is 23.9 Å². The Labute approximate surface area is 468 Å². The molecule has 0 amide bonds. The maximum absolute atomic E-state index is 13.3. The molecule has 7 rings (SSSR count). The van der Waals surface area contributed by atoms with Crippen molar-refractivity contribution in [2.45, 2.75) is 135 Å². The predicted molar refractivity (Wildman–Crippen MR) is 314 cm³/mol. The number of benzene rings is 6. The van der Waals surface area contributed by atoms with Gasteiger partial charge in [0.25, 0.3) is 0 Å². The minimum absolute atomic E-state index is 0.167. The minimum atomic E-state index is -0.436. The summed E-state index contributed by atoms with van der Waals surface area (Å²) in [4.78, 5) is 48.9. The van der Waals surface area contributed by atoms with Gasteiger partial charge in [-0.25, -0.2) is 19.2 Å². The third kappa shape index (κ3) is 17.1. The smallest absolute Gasteiger partial charge is 0.343 e. The van der Waals surface area contributed by atoms with Gasteiger partial charge in [0, 0.05) is 17.6 Å². The number of unbranched alkanes of at least 4 members (excludes halogenated alkanes) is 12. The first kappa shape index (κ1) is 59.0. The fraction of sp³-hybridized carbons (Fsp3) is 0.362. The largest absolute Gasteiger partial charge is 0.494 e. The molecule has 0 heterocycles. The third-order valence-corrected chi connectivity index (χ3v) is 14.7. The maximum Gasteiger partial charge on any atom is 0.343 e. The molecule has 0 bridgehead atoms. The molecular weight excluding hydrogens is 989 g/mol. The van der Waals surface area contributed by atoms with E-state index >= 15 is 0 Å². The van der Waals surface area contributed by atoms with E-state index in [4.69, 9.17) is 28.4 Å². The molecule has 6 aromatic rings. The zero-order valence-electron chi connectivity index (χ0n) is 46.4. The van der Waals surface area contributed by atoms with Crippen molar-refractivity contribution < 1.29 is 47.6 Å². The topological polar surface area (TPSA) is 124 Å². The Hall–Kier alpha value is -7.72. The summed E-state index contributed by atoms with van der Waals surface area (Å²) in [5.41, 5.74) is 10.4. The van der Waals surface area contributed by atoms with Crippen LogP contribution < -0.4 is 18.9 Å². The number of hydrogen-bond donors (Lipinski definition) is 0. The summed E-state index contributed by atoms with van der Waals surface area (Å²) in [6.07, 6.45) is 21.0. The molecule has 6 aromatic carbocycles. The summed E-state index contributed by atoms with van der Waals surface area (Å²) in [7, 11) is 0. The highest BCUT2D eigenvalue weighted by Crippen LogP contribution is 2.56. The normalized spacial score (nSPS) is 11.9. The Kier molecular flexibility index (Phi) is 23.1. The van der Waals surface area contributed by atoms with E-state index in [9.17, 15) is 19.2 Å². The summed E-state index contributed by atoms with van der Waals surface area (Å²) < 4.78 is 33.5. The number of carbonyl (C=O) groups is 4. The summed E-state index contributed by atoms with van der Waals surface area (Å²) >= 11 is 0. The van der Waals surface area contributed by atoms with Crippen LogP contribution in [0.25, 0.3) is 33.4 Å². The number of carbonyl (C=O) groups excluding carboxylic acids is 4. The monoisotopic (exact) mass is 1070 g/mol. The van der Waals surface area contributed by atoms with Crippen molar-refractivity contribution in [2.75, 3.05) is 26.4 Å². The molecule has 79 heavy (non-hydrogen) atoms. The Balaban J connectivity index is 0.996. The molecule has 1 aliphatic carbocycles. The number of hydrogen-bond acceptors (Lipinski definition) is 10. The van der Waals surface area contributed by atoms with Gasteiger partial charge in [0.1, 0.15) is 23.0 Å². The van der Waals surface area contributed by atoms with Crippen LogP contribution in [0.5, 0.6) is 23.0 Å². The van der Waals surface area contributed by atoms with Gasteiger partial charge in [-0.05, 0) is 194 Å². The Morgan fingerprint density at radius 2 is 0.734 bits per heavy atom. The van der Waals surface area contributed by atoms with Crippen LogP contribution in [0.15, 0.2) is 159 Å². The summed E-state index contributed by atoms with van der Waals surface area (Å²) in [5.74, 6) is 0.659. The molecule has 0 saturated heterocycles. The molecule has 0 aromatic heterocycles.